The monoisotopic (exact) mass is 432 g/mol. The van der Waals surface area contributed by atoms with Gasteiger partial charge in [-0.25, -0.2) is 0 Å². The molecule has 1 atom stereocenters. The van der Waals surface area contributed by atoms with Crippen molar-refractivity contribution in [2.75, 3.05) is 19.7 Å². The number of aliphatic imine (C=N–C) groups is 1. The van der Waals surface area contributed by atoms with Crippen LogP contribution in [0.4, 0.5) is 0 Å². The zero-order valence-corrected chi connectivity index (χ0v) is 15.7. The summed E-state index contributed by atoms with van der Waals surface area (Å²) in [5, 5.41) is 6.02. The van der Waals surface area contributed by atoms with Gasteiger partial charge in [-0.05, 0) is 12.5 Å². The molecule has 0 saturated heterocycles. The maximum atomic E-state index is 11.5. The van der Waals surface area contributed by atoms with E-state index in [1.165, 1.54) is 0 Å². The zero-order valence-electron chi connectivity index (χ0n) is 13.4. The fourth-order valence-electron chi connectivity index (χ4n) is 2.35. The number of hydrogen-bond donors (Lipinski definition) is 3. The molecule has 2 rings (SSSR count). The normalized spacial score (nSPS) is 16.6. The van der Waals surface area contributed by atoms with E-state index >= 15 is 0 Å². The van der Waals surface area contributed by atoms with Crippen LogP contribution < -0.4 is 21.1 Å². The molecule has 0 spiro atoms. The molecule has 0 saturated carbocycles. The van der Waals surface area contributed by atoms with Gasteiger partial charge >= 0.3 is 0 Å². The number of ether oxygens (including phenoxy) is 1. The lowest BCUT2D eigenvalue weighted by Crippen LogP contribution is -2.37. The van der Waals surface area contributed by atoms with Gasteiger partial charge in [0.05, 0.1) is 19.2 Å². The predicted molar refractivity (Wildman–Crippen MR) is 102 cm³/mol. The predicted octanol–water partition coefficient (Wildman–Crippen LogP) is 1.95. The van der Waals surface area contributed by atoms with Crippen LogP contribution >= 0.6 is 24.0 Å². The van der Waals surface area contributed by atoms with Gasteiger partial charge in [0.1, 0.15) is 5.75 Å². The second-order valence-corrected chi connectivity index (χ2v) is 5.24. The van der Waals surface area contributed by atoms with Crippen LogP contribution in [0.25, 0.3) is 0 Å². The Labute approximate surface area is 154 Å². The summed E-state index contributed by atoms with van der Waals surface area (Å²) in [6.45, 7) is 3.77. The minimum atomic E-state index is 0. The third-order valence-electron chi connectivity index (χ3n) is 3.47. The molecule has 0 fully saturated rings. The summed E-state index contributed by atoms with van der Waals surface area (Å²) in [4.78, 5) is 15.7. The summed E-state index contributed by atoms with van der Waals surface area (Å²) in [5.41, 5.74) is 7.00. The average molecular weight is 432 g/mol. The van der Waals surface area contributed by atoms with Gasteiger partial charge in [0.25, 0.3) is 0 Å². The van der Waals surface area contributed by atoms with Gasteiger partial charge in [-0.1, -0.05) is 25.1 Å². The first-order valence-electron chi connectivity index (χ1n) is 7.75. The first-order chi connectivity index (χ1) is 10.7. The Hall–Kier alpha value is -1.51. The Balaban J connectivity index is 0.00000264. The molecular weight excluding hydrogens is 407 g/mol. The highest BCUT2D eigenvalue weighted by atomic mass is 127. The maximum absolute atomic E-state index is 11.5. The highest BCUT2D eigenvalue weighted by Crippen LogP contribution is 2.31. The number of carbonyl (C=O) groups is 1. The van der Waals surface area contributed by atoms with Gasteiger partial charge in [-0.15, -0.1) is 24.0 Å². The summed E-state index contributed by atoms with van der Waals surface area (Å²) in [6.07, 6.45) is 2.12. The van der Waals surface area contributed by atoms with E-state index < -0.39 is 0 Å². The highest BCUT2D eigenvalue weighted by Gasteiger charge is 2.21. The molecule has 1 aliphatic heterocycles. The van der Waals surface area contributed by atoms with E-state index in [0.29, 0.717) is 32.1 Å². The van der Waals surface area contributed by atoms with Crippen molar-refractivity contribution in [1.29, 1.82) is 0 Å². The first-order valence-corrected chi connectivity index (χ1v) is 7.75. The molecule has 7 heteroatoms. The Morgan fingerprint density at radius 3 is 3.00 bits per heavy atom. The van der Waals surface area contributed by atoms with Gasteiger partial charge in [0.15, 0.2) is 5.96 Å². The summed E-state index contributed by atoms with van der Waals surface area (Å²) in [7, 11) is 0. The van der Waals surface area contributed by atoms with Crippen LogP contribution in [-0.4, -0.2) is 31.6 Å². The largest absolute Gasteiger partial charge is 0.493 e. The number of guanidine groups is 1. The van der Waals surface area contributed by atoms with Crippen molar-refractivity contribution in [2.45, 2.75) is 32.2 Å². The minimum absolute atomic E-state index is 0. The molecule has 1 heterocycles. The van der Waals surface area contributed by atoms with E-state index in [4.69, 9.17) is 10.5 Å². The second-order valence-electron chi connectivity index (χ2n) is 5.24. The third-order valence-corrected chi connectivity index (χ3v) is 3.47. The van der Waals surface area contributed by atoms with Crippen molar-refractivity contribution in [1.82, 2.24) is 10.6 Å². The summed E-state index contributed by atoms with van der Waals surface area (Å²) >= 11 is 0. The van der Waals surface area contributed by atoms with Crippen LogP contribution in [0, 0.1) is 0 Å². The fraction of sp³-hybridized carbons (Fsp3) is 0.500. The number of para-hydroxylation sites is 1. The van der Waals surface area contributed by atoms with Crippen LogP contribution in [-0.2, 0) is 4.79 Å². The SMILES string of the molecule is CCCNC(=O)CCN=C(N)NC1CCOc2ccccc21.I. The number of nitrogens with two attached hydrogens (primary N) is 1. The van der Waals surface area contributed by atoms with Crippen LogP contribution in [0.3, 0.4) is 0 Å². The molecule has 1 aromatic carbocycles. The van der Waals surface area contributed by atoms with Crippen LogP contribution in [0.1, 0.15) is 37.8 Å². The van der Waals surface area contributed by atoms with E-state index in [9.17, 15) is 4.79 Å². The lowest BCUT2D eigenvalue weighted by molar-refractivity contribution is -0.120. The standard InChI is InChI=1S/C16H24N4O2.HI/c1-2-9-18-15(21)7-10-19-16(17)20-13-8-11-22-14-6-4-3-5-12(13)14;/h3-6,13H,2,7-11H2,1H3,(H,18,21)(H3,17,19,20);1H. The average Bonchev–Trinajstić information content (AvgIpc) is 2.53. The summed E-state index contributed by atoms with van der Waals surface area (Å²) in [6, 6.07) is 8.01. The van der Waals surface area contributed by atoms with Gasteiger partial charge in [0, 0.05) is 24.9 Å². The first kappa shape index (κ1) is 19.5. The van der Waals surface area contributed by atoms with E-state index in [2.05, 4.69) is 15.6 Å². The van der Waals surface area contributed by atoms with E-state index in [0.717, 1.165) is 24.2 Å². The van der Waals surface area contributed by atoms with Crippen molar-refractivity contribution in [2.24, 2.45) is 10.7 Å². The fourth-order valence-corrected chi connectivity index (χ4v) is 2.35. The molecule has 4 N–H and O–H groups in total. The number of amides is 1. The molecule has 23 heavy (non-hydrogen) atoms. The lowest BCUT2D eigenvalue weighted by Gasteiger charge is -2.26. The number of nitrogens with zero attached hydrogens (tertiary/aromatic N) is 1. The molecule has 0 aliphatic carbocycles. The number of fused-ring (bicyclic) bond motifs is 1. The number of rotatable bonds is 6. The molecule has 0 bridgehead atoms. The second kappa shape index (κ2) is 10.3. The van der Waals surface area contributed by atoms with Crippen molar-refractivity contribution in [3.05, 3.63) is 29.8 Å². The maximum Gasteiger partial charge on any atom is 0.221 e. The number of halogens is 1. The summed E-state index contributed by atoms with van der Waals surface area (Å²) in [5.74, 6) is 1.26. The Bertz CT molecular complexity index is 537. The molecule has 1 aromatic rings. The highest BCUT2D eigenvalue weighted by molar-refractivity contribution is 14.0. The molecule has 1 amide bonds. The van der Waals surface area contributed by atoms with Crippen LogP contribution in [0.2, 0.25) is 0 Å². The number of nitrogens with one attached hydrogen (secondary N) is 2. The van der Waals surface area contributed by atoms with Crippen molar-refractivity contribution < 1.29 is 9.53 Å². The quantitative estimate of drug-likeness (QED) is 0.364. The molecule has 1 unspecified atom stereocenters. The van der Waals surface area contributed by atoms with E-state index in [-0.39, 0.29) is 35.9 Å². The topological polar surface area (TPSA) is 88.7 Å². The van der Waals surface area contributed by atoms with Gasteiger partial charge in [-0.3, -0.25) is 9.79 Å². The summed E-state index contributed by atoms with van der Waals surface area (Å²) < 4.78 is 5.61. The number of carbonyl (C=O) groups excluding carboxylic acids is 1. The molecule has 128 valence electrons. The molecule has 0 radical (unpaired) electrons. The molecule has 6 nitrogen and oxygen atoms in total. The number of hydrogen-bond acceptors (Lipinski definition) is 3. The van der Waals surface area contributed by atoms with Gasteiger partial charge in [-0.2, -0.15) is 0 Å². The Kier molecular flexibility index (Phi) is 8.75. The van der Waals surface area contributed by atoms with Crippen molar-refractivity contribution >= 4 is 35.8 Å². The third kappa shape index (κ3) is 6.25. The lowest BCUT2D eigenvalue weighted by atomic mass is 10.0. The van der Waals surface area contributed by atoms with Gasteiger partial charge in [0.2, 0.25) is 5.91 Å². The van der Waals surface area contributed by atoms with Gasteiger partial charge < -0.3 is 21.1 Å². The molecule has 0 aromatic heterocycles. The smallest absolute Gasteiger partial charge is 0.221 e. The van der Waals surface area contributed by atoms with E-state index in [1.54, 1.807) is 0 Å². The van der Waals surface area contributed by atoms with Crippen molar-refractivity contribution in [3.63, 3.8) is 0 Å². The molecular formula is C16H25IN4O2. The zero-order chi connectivity index (χ0) is 15.8. The molecule has 1 aliphatic rings. The van der Waals surface area contributed by atoms with Crippen LogP contribution in [0.5, 0.6) is 5.75 Å². The number of benzene rings is 1. The van der Waals surface area contributed by atoms with Crippen molar-refractivity contribution in [3.8, 4) is 5.75 Å². The Morgan fingerprint density at radius 2 is 2.22 bits per heavy atom. The van der Waals surface area contributed by atoms with E-state index in [1.807, 2.05) is 31.2 Å². The Morgan fingerprint density at radius 1 is 1.43 bits per heavy atom. The van der Waals surface area contributed by atoms with Crippen LogP contribution in [0.15, 0.2) is 29.3 Å². The minimum Gasteiger partial charge on any atom is -0.493 e.